The summed E-state index contributed by atoms with van der Waals surface area (Å²) in [7, 11) is 0. The molecule has 27 heavy (non-hydrogen) atoms. The van der Waals surface area contributed by atoms with Crippen molar-refractivity contribution in [2.75, 3.05) is 31.1 Å². The SMILES string of the molecule is O=C(NCc1cccnc1-n1cncn1)N1CCN(c2ccccc2)CC1. The Bertz CT molecular complexity index is 874. The molecule has 0 unspecified atom stereocenters. The van der Waals surface area contributed by atoms with E-state index in [9.17, 15) is 4.79 Å². The summed E-state index contributed by atoms with van der Waals surface area (Å²) >= 11 is 0. The second kappa shape index (κ2) is 7.86. The second-order valence-electron chi connectivity index (χ2n) is 6.29. The molecular weight excluding hydrogens is 342 g/mol. The Balaban J connectivity index is 1.33. The van der Waals surface area contributed by atoms with E-state index in [-0.39, 0.29) is 6.03 Å². The zero-order chi connectivity index (χ0) is 18.5. The van der Waals surface area contributed by atoms with E-state index < -0.39 is 0 Å². The van der Waals surface area contributed by atoms with E-state index in [1.54, 1.807) is 17.2 Å². The molecule has 1 saturated heterocycles. The Morgan fingerprint density at radius 3 is 2.59 bits per heavy atom. The molecule has 2 amide bonds. The van der Waals surface area contributed by atoms with Crippen LogP contribution in [0.4, 0.5) is 10.5 Å². The molecule has 8 nitrogen and oxygen atoms in total. The van der Waals surface area contributed by atoms with Gasteiger partial charge in [-0.3, -0.25) is 0 Å². The number of amides is 2. The zero-order valence-electron chi connectivity index (χ0n) is 14.9. The molecule has 1 fully saturated rings. The minimum absolute atomic E-state index is 0.0592. The highest BCUT2D eigenvalue weighted by Crippen LogP contribution is 2.16. The maximum Gasteiger partial charge on any atom is 0.317 e. The van der Waals surface area contributed by atoms with Gasteiger partial charge in [0.2, 0.25) is 0 Å². The van der Waals surface area contributed by atoms with Crippen LogP contribution in [0.2, 0.25) is 0 Å². The fourth-order valence-corrected chi connectivity index (χ4v) is 3.18. The fraction of sp³-hybridized carbons (Fsp3) is 0.263. The molecule has 2 aromatic heterocycles. The van der Waals surface area contributed by atoms with Crippen molar-refractivity contribution in [2.45, 2.75) is 6.54 Å². The van der Waals surface area contributed by atoms with Gasteiger partial charge in [0, 0.05) is 50.2 Å². The van der Waals surface area contributed by atoms with Gasteiger partial charge in [-0.25, -0.2) is 19.4 Å². The molecule has 1 N–H and O–H groups in total. The molecule has 0 atom stereocenters. The lowest BCUT2D eigenvalue weighted by atomic mass is 10.2. The maximum absolute atomic E-state index is 12.6. The summed E-state index contributed by atoms with van der Waals surface area (Å²) in [5.74, 6) is 0.671. The van der Waals surface area contributed by atoms with Crippen molar-refractivity contribution in [3.05, 3.63) is 66.9 Å². The van der Waals surface area contributed by atoms with E-state index in [0.29, 0.717) is 25.5 Å². The summed E-state index contributed by atoms with van der Waals surface area (Å²) in [4.78, 5) is 25.0. The first kappa shape index (κ1) is 17.0. The Labute approximate surface area is 157 Å². The first-order chi connectivity index (χ1) is 13.3. The Kier molecular flexibility index (Phi) is 4.95. The average molecular weight is 363 g/mol. The third-order valence-corrected chi connectivity index (χ3v) is 4.62. The molecule has 4 rings (SSSR count). The van der Waals surface area contributed by atoms with Crippen molar-refractivity contribution < 1.29 is 4.79 Å². The molecule has 138 valence electrons. The molecule has 1 aliphatic heterocycles. The minimum atomic E-state index is -0.0592. The van der Waals surface area contributed by atoms with Crippen LogP contribution in [0.15, 0.2) is 61.3 Å². The van der Waals surface area contributed by atoms with Crippen molar-refractivity contribution in [1.82, 2.24) is 30.0 Å². The summed E-state index contributed by atoms with van der Waals surface area (Å²) in [5.41, 5.74) is 2.09. The lowest BCUT2D eigenvalue weighted by molar-refractivity contribution is 0.194. The molecule has 3 heterocycles. The summed E-state index contributed by atoms with van der Waals surface area (Å²) < 4.78 is 1.60. The Hall–Kier alpha value is -3.42. The summed E-state index contributed by atoms with van der Waals surface area (Å²) in [5, 5.41) is 7.11. The number of benzene rings is 1. The van der Waals surface area contributed by atoms with Crippen LogP contribution in [-0.4, -0.2) is 56.9 Å². The number of hydrogen-bond donors (Lipinski definition) is 1. The number of nitrogens with one attached hydrogen (secondary N) is 1. The smallest absolute Gasteiger partial charge is 0.317 e. The van der Waals surface area contributed by atoms with E-state index in [1.165, 1.54) is 12.0 Å². The van der Waals surface area contributed by atoms with E-state index in [0.717, 1.165) is 18.7 Å². The monoisotopic (exact) mass is 363 g/mol. The summed E-state index contributed by atoms with van der Waals surface area (Å²) in [6, 6.07) is 14.0. The van der Waals surface area contributed by atoms with Crippen molar-refractivity contribution in [2.24, 2.45) is 0 Å². The first-order valence-corrected chi connectivity index (χ1v) is 8.93. The van der Waals surface area contributed by atoms with Crippen LogP contribution in [0.5, 0.6) is 0 Å². The second-order valence-corrected chi connectivity index (χ2v) is 6.29. The number of urea groups is 1. The molecule has 1 aliphatic rings. The van der Waals surface area contributed by atoms with Crippen LogP contribution < -0.4 is 10.2 Å². The zero-order valence-corrected chi connectivity index (χ0v) is 14.9. The van der Waals surface area contributed by atoms with Crippen LogP contribution in [0, 0.1) is 0 Å². The molecule has 1 aromatic carbocycles. The third kappa shape index (κ3) is 3.89. The van der Waals surface area contributed by atoms with Crippen LogP contribution in [0.3, 0.4) is 0 Å². The predicted molar refractivity (Wildman–Crippen MR) is 102 cm³/mol. The van der Waals surface area contributed by atoms with E-state index in [4.69, 9.17) is 0 Å². The van der Waals surface area contributed by atoms with Crippen LogP contribution in [-0.2, 0) is 6.54 Å². The van der Waals surface area contributed by atoms with E-state index in [1.807, 2.05) is 35.2 Å². The van der Waals surface area contributed by atoms with Gasteiger partial charge in [0.1, 0.15) is 12.7 Å². The summed E-state index contributed by atoms with van der Waals surface area (Å²) in [6.45, 7) is 3.44. The lowest BCUT2D eigenvalue weighted by Gasteiger charge is -2.36. The van der Waals surface area contributed by atoms with Gasteiger partial charge >= 0.3 is 6.03 Å². The van der Waals surface area contributed by atoms with Crippen molar-refractivity contribution in [3.8, 4) is 5.82 Å². The first-order valence-electron chi connectivity index (χ1n) is 8.93. The lowest BCUT2D eigenvalue weighted by Crippen LogP contribution is -2.51. The highest BCUT2D eigenvalue weighted by atomic mass is 16.2. The molecule has 3 aromatic rings. The number of pyridine rings is 1. The minimum Gasteiger partial charge on any atom is -0.368 e. The molecule has 8 heteroatoms. The van der Waals surface area contributed by atoms with Crippen molar-refractivity contribution in [3.63, 3.8) is 0 Å². The van der Waals surface area contributed by atoms with E-state index >= 15 is 0 Å². The largest absolute Gasteiger partial charge is 0.368 e. The standard InChI is InChI=1S/C19H21N7O/c27-19(25-11-9-24(10-12-25)17-6-2-1-3-7-17)22-13-16-5-4-8-21-18(16)26-15-20-14-23-26/h1-8,14-15H,9-13H2,(H,22,27). The summed E-state index contributed by atoms with van der Waals surface area (Å²) in [6.07, 6.45) is 4.75. The third-order valence-electron chi connectivity index (χ3n) is 4.62. The van der Waals surface area contributed by atoms with Gasteiger partial charge in [-0.05, 0) is 18.2 Å². The number of nitrogens with zero attached hydrogens (tertiary/aromatic N) is 6. The molecule has 0 aliphatic carbocycles. The van der Waals surface area contributed by atoms with E-state index in [2.05, 4.69) is 37.4 Å². The number of aromatic nitrogens is 4. The number of carbonyl (C=O) groups excluding carboxylic acids is 1. The molecule has 0 radical (unpaired) electrons. The number of rotatable bonds is 4. The Morgan fingerprint density at radius 1 is 1.04 bits per heavy atom. The number of anilines is 1. The molecule has 0 bridgehead atoms. The van der Waals surface area contributed by atoms with Gasteiger partial charge in [-0.15, -0.1) is 0 Å². The van der Waals surface area contributed by atoms with Gasteiger partial charge in [0.15, 0.2) is 5.82 Å². The normalized spacial score (nSPS) is 14.2. The highest BCUT2D eigenvalue weighted by Gasteiger charge is 2.21. The van der Waals surface area contributed by atoms with Crippen molar-refractivity contribution in [1.29, 1.82) is 0 Å². The molecule has 0 spiro atoms. The average Bonchev–Trinajstić information content (AvgIpc) is 3.28. The van der Waals surface area contributed by atoms with Crippen LogP contribution >= 0.6 is 0 Å². The predicted octanol–water partition coefficient (Wildman–Crippen LogP) is 1.69. The topological polar surface area (TPSA) is 79.2 Å². The van der Waals surface area contributed by atoms with Gasteiger partial charge in [0.25, 0.3) is 0 Å². The van der Waals surface area contributed by atoms with Gasteiger partial charge in [-0.1, -0.05) is 24.3 Å². The maximum atomic E-state index is 12.6. The number of carbonyl (C=O) groups is 1. The highest BCUT2D eigenvalue weighted by molar-refractivity contribution is 5.74. The quantitative estimate of drug-likeness (QED) is 0.763. The number of piperazine rings is 1. The van der Waals surface area contributed by atoms with Crippen LogP contribution in [0.25, 0.3) is 5.82 Å². The van der Waals surface area contributed by atoms with Gasteiger partial charge < -0.3 is 15.1 Å². The van der Waals surface area contributed by atoms with Gasteiger partial charge in [0.05, 0.1) is 0 Å². The molecular formula is C19H21N7O. The van der Waals surface area contributed by atoms with Crippen molar-refractivity contribution >= 4 is 11.7 Å². The fourth-order valence-electron chi connectivity index (χ4n) is 3.18. The van der Waals surface area contributed by atoms with Crippen LogP contribution in [0.1, 0.15) is 5.56 Å². The Morgan fingerprint density at radius 2 is 1.85 bits per heavy atom. The number of para-hydroxylation sites is 1. The number of hydrogen-bond acceptors (Lipinski definition) is 5. The van der Waals surface area contributed by atoms with Gasteiger partial charge in [-0.2, -0.15) is 5.10 Å². The molecule has 0 saturated carbocycles.